The van der Waals surface area contributed by atoms with Crippen molar-refractivity contribution in [1.29, 1.82) is 0 Å². The molecule has 0 spiro atoms. The Morgan fingerprint density at radius 1 is 0.952 bits per heavy atom. The first-order valence-corrected chi connectivity index (χ1v) is 8.01. The molecule has 1 N–H and O–H groups in total. The van der Waals surface area contributed by atoms with E-state index in [1.165, 1.54) is 11.1 Å². The Morgan fingerprint density at radius 3 is 2.24 bits per heavy atom. The van der Waals surface area contributed by atoms with Crippen molar-refractivity contribution in [3.8, 4) is 11.5 Å². The van der Waals surface area contributed by atoms with E-state index in [0.717, 1.165) is 34.5 Å². The number of hydrogen-bond donors (Lipinski definition) is 1. The second-order valence-electron chi connectivity index (χ2n) is 5.49. The second kappa shape index (κ2) is 5.26. The summed E-state index contributed by atoms with van der Waals surface area (Å²) in [5.41, 5.74) is 3.96. The van der Waals surface area contributed by atoms with Gasteiger partial charge >= 0.3 is 0 Å². The van der Waals surface area contributed by atoms with E-state index in [9.17, 15) is 0 Å². The monoisotopic (exact) mass is 345 g/mol. The summed E-state index contributed by atoms with van der Waals surface area (Å²) in [6, 6.07) is 13.1. The third-order valence-electron chi connectivity index (χ3n) is 4.04. The minimum Gasteiger partial charge on any atom is -0.486 e. The predicted molar refractivity (Wildman–Crippen MR) is 86.4 cm³/mol. The molecule has 0 aromatic heterocycles. The summed E-state index contributed by atoms with van der Waals surface area (Å²) in [5.74, 6) is 1.64. The fraction of sp³-hybridized carbons (Fsp3) is 0.294. The van der Waals surface area contributed by atoms with Crippen molar-refractivity contribution in [3.05, 3.63) is 52.0 Å². The molecule has 0 radical (unpaired) electrons. The molecule has 0 saturated carbocycles. The van der Waals surface area contributed by atoms with Crippen LogP contribution in [0, 0.1) is 0 Å². The van der Waals surface area contributed by atoms with Gasteiger partial charge in [0.25, 0.3) is 0 Å². The number of anilines is 1. The molecule has 0 bridgehead atoms. The van der Waals surface area contributed by atoms with E-state index in [-0.39, 0.29) is 0 Å². The molecule has 0 fully saturated rings. The molecule has 2 aliphatic rings. The highest BCUT2D eigenvalue weighted by Gasteiger charge is 2.22. The summed E-state index contributed by atoms with van der Waals surface area (Å²) >= 11 is 3.62. The molecular weight excluding hydrogens is 330 g/mol. The topological polar surface area (TPSA) is 30.5 Å². The third kappa shape index (κ3) is 2.48. The van der Waals surface area contributed by atoms with Gasteiger partial charge in [-0.2, -0.15) is 0 Å². The fourth-order valence-corrected chi connectivity index (χ4v) is 3.49. The summed E-state index contributed by atoms with van der Waals surface area (Å²) < 4.78 is 12.3. The standard InChI is InChI=1S/C17H16BrNO2/c18-14-9-16-17(21-6-5-20-16)10-15(14)19-13-7-11-3-1-2-4-12(11)8-13/h1-4,9-10,13,19H,5-8H2. The van der Waals surface area contributed by atoms with E-state index < -0.39 is 0 Å². The van der Waals surface area contributed by atoms with Gasteiger partial charge in [-0.15, -0.1) is 0 Å². The maximum Gasteiger partial charge on any atom is 0.163 e. The first-order chi connectivity index (χ1) is 10.3. The maximum absolute atomic E-state index is 5.66. The van der Waals surface area contributed by atoms with Crippen molar-refractivity contribution < 1.29 is 9.47 Å². The molecule has 108 valence electrons. The molecule has 4 heteroatoms. The van der Waals surface area contributed by atoms with Gasteiger partial charge in [0.2, 0.25) is 0 Å². The average molecular weight is 346 g/mol. The van der Waals surface area contributed by atoms with Gasteiger partial charge in [0, 0.05) is 22.6 Å². The van der Waals surface area contributed by atoms with E-state index >= 15 is 0 Å². The van der Waals surface area contributed by atoms with Crippen LogP contribution in [0.5, 0.6) is 11.5 Å². The van der Waals surface area contributed by atoms with Gasteiger partial charge in [-0.1, -0.05) is 24.3 Å². The zero-order valence-corrected chi connectivity index (χ0v) is 13.2. The Morgan fingerprint density at radius 2 is 1.57 bits per heavy atom. The average Bonchev–Trinajstić information content (AvgIpc) is 2.90. The first-order valence-electron chi connectivity index (χ1n) is 7.22. The normalized spacial score (nSPS) is 16.6. The lowest BCUT2D eigenvalue weighted by Crippen LogP contribution is -2.20. The molecule has 1 heterocycles. The van der Waals surface area contributed by atoms with Crippen LogP contribution >= 0.6 is 15.9 Å². The van der Waals surface area contributed by atoms with Crippen molar-refractivity contribution in [3.63, 3.8) is 0 Å². The number of fused-ring (bicyclic) bond motifs is 2. The molecule has 2 aromatic rings. The van der Waals surface area contributed by atoms with E-state index in [1.807, 2.05) is 12.1 Å². The predicted octanol–water partition coefficient (Wildman–Crippen LogP) is 3.80. The minimum atomic E-state index is 0.432. The Bertz CT molecular complexity index is 661. The summed E-state index contributed by atoms with van der Waals surface area (Å²) in [7, 11) is 0. The third-order valence-corrected chi connectivity index (χ3v) is 4.70. The van der Waals surface area contributed by atoms with Gasteiger partial charge in [0.1, 0.15) is 13.2 Å². The van der Waals surface area contributed by atoms with Crippen molar-refractivity contribution in [2.75, 3.05) is 18.5 Å². The van der Waals surface area contributed by atoms with E-state index in [0.29, 0.717) is 19.3 Å². The molecule has 0 saturated heterocycles. The molecule has 4 rings (SSSR count). The van der Waals surface area contributed by atoms with Gasteiger partial charge in [0.15, 0.2) is 11.5 Å². The number of nitrogens with one attached hydrogen (secondary N) is 1. The van der Waals surface area contributed by atoms with E-state index in [2.05, 4.69) is 45.5 Å². The largest absolute Gasteiger partial charge is 0.486 e. The van der Waals surface area contributed by atoms with Crippen LogP contribution in [0.4, 0.5) is 5.69 Å². The van der Waals surface area contributed by atoms with Crippen molar-refractivity contribution in [2.45, 2.75) is 18.9 Å². The van der Waals surface area contributed by atoms with Gasteiger partial charge in [-0.05, 0) is 39.9 Å². The van der Waals surface area contributed by atoms with Crippen LogP contribution in [0.2, 0.25) is 0 Å². The summed E-state index contributed by atoms with van der Waals surface area (Å²) in [4.78, 5) is 0. The Balaban J connectivity index is 1.56. The molecular formula is C17H16BrNO2. The maximum atomic E-state index is 5.66. The summed E-state index contributed by atoms with van der Waals surface area (Å²) in [5, 5.41) is 3.62. The van der Waals surface area contributed by atoms with Gasteiger partial charge in [-0.3, -0.25) is 0 Å². The van der Waals surface area contributed by atoms with Crippen LogP contribution in [-0.4, -0.2) is 19.3 Å². The van der Waals surface area contributed by atoms with Crippen molar-refractivity contribution in [2.24, 2.45) is 0 Å². The quantitative estimate of drug-likeness (QED) is 0.897. The molecule has 2 aromatic carbocycles. The lowest BCUT2D eigenvalue weighted by atomic mass is 10.1. The lowest BCUT2D eigenvalue weighted by Gasteiger charge is -2.22. The zero-order valence-electron chi connectivity index (χ0n) is 11.6. The van der Waals surface area contributed by atoms with Crippen LogP contribution in [-0.2, 0) is 12.8 Å². The van der Waals surface area contributed by atoms with E-state index in [4.69, 9.17) is 9.47 Å². The van der Waals surface area contributed by atoms with Crippen LogP contribution < -0.4 is 14.8 Å². The smallest absolute Gasteiger partial charge is 0.163 e. The first kappa shape index (κ1) is 13.0. The summed E-state index contributed by atoms with van der Waals surface area (Å²) in [6.45, 7) is 1.23. The molecule has 1 aliphatic carbocycles. The van der Waals surface area contributed by atoms with Crippen LogP contribution in [0.3, 0.4) is 0 Å². The number of benzene rings is 2. The van der Waals surface area contributed by atoms with Crippen LogP contribution in [0.15, 0.2) is 40.9 Å². The second-order valence-corrected chi connectivity index (χ2v) is 6.35. The highest BCUT2D eigenvalue weighted by atomic mass is 79.9. The molecule has 21 heavy (non-hydrogen) atoms. The molecule has 3 nitrogen and oxygen atoms in total. The zero-order chi connectivity index (χ0) is 14.2. The van der Waals surface area contributed by atoms with Crippen LogP contribution in [0.1, 0.15) is 11.1 Å². The number of halogens is 1. The number of rotatable bonds is 2. The lowest BCUT2D eigenvalue weighted by molar-refractivity contribution is 0.171. The molecule has 0 unspecified atom stereocenters. The Hall–Kier alpha value is -1.68. The number of ether oxygens (including phenoxy) is 2. The van der Waals surface area contributed by atoms with Gasteiger partial charge in [-0.25, -0.2) is 0 Å². The van der Waals surface area contributed by atoms with Gasteiger partial charge < -0.3 is 14.8 Å². The van der Waals surface area contributed by atoms with Gasteiger partial charge in [0.05, 0.1) is 5.69 Å². The van der Waals surface area contributed by atoms with Crippen molar-refractivity contribution >= 4 is 21.6 Å². The molecule has 0 amide bonds. The SMILES string of the molecule is Brc1cc2c(cc1NC1Cc3ccccc3C1)OCCO2. The molecule has 1 aliphatic heterocycles. The minimum absolute atomic E-state index is 0.432. The Labute approximate surface area is 132 Å². The fourth-order valence-electron chi connectivity index (χ4n) is 3.06. The Kier molecular flexibility index (Phi) is 3.26. The van der Waals surface area contributed by atoms with E-state index in [1.54, 1.807) is 0 Å². The van der Waals surface area contributed by atoms with Crippen molar-refractivity contribution in [1.82, 2.24) is 0 Å². The highest BCUT2D eigenvalue weighted by Crippen LogP contribution is 2.39. The highest BCUT2D eigenvalue weighted by molar-refractivity contribution is 9.10. The molecule has 0 atom stereocenters. The van der Waals surface area contributed by atoms with Crippen LogP contribution in [0.25, 0.3) is 0 Å². The number of hydrogen-bond acceptors (Lipinski definition) is 3. The summed E-state index contributed by atoms with van der Waals surface area (Å²) in [6.07, 6.45) is 2.13.